The van der Waals surface area contributed by atoms with Crippen molar-refractivity contribution in [2.24, 2.45) is 0 Å². The van der Waals surface area contributed by atoms with Crippen LogP contribution in [0.25, 0.3) is 0 Å². The van der Waals surface area contributed by atoms with Crippen LogP contribution in [0, 0.1) is 6.92 Å². The molecule has 0 aliphatic rings. The molecule has 2 N–H and O–H groups in total. The Balaban J connectivity index is 1.93. The van der Waals surface area contributed by atoms with Crippen LogP contribution in [0.15, 0.2) is 36.5 Å². The molecule has 0 bridgehead atoms. The van der Waals surface area contributed by atoms with Crippen molar-refractivity contribution in [3.05, 3.63) is 42.1 Å². The Morgan fingerprint density at radius 3 is 2.81 bits per heavy atom. The highest BCUT2D eigenvalue weighted by molar-refractivity contribution is 7.91. The lowest BCUT2D eigenvalue weighted by Gasteiger charge is -2.09. The van der Waals surface area contributed by atoms with E-state index in [2.05, 4.69) is 20.0 Å². The molecule has 112 valence electrons. The third-order valence-corrected chi connectivity index (χ3v) is 2.97. The standard InChI is InChI=1S/C13H16N4O3S/c1-10-4-3-5-11(8-10)20-9-15-12-6-7-14-13(16-12)17-21(2,18)19/h3-8H,9H2,1-2H3,(H2,14,15,16,17). The molecule has 1 aromatic carbocycles. The molecule has 7 nitrogen and oxygen atoms in total. The molecule has 0 saturated carbocycles. The van der Waals surface area contributed by atoms with Gasteiger partial charge in [-0.25, -0.2) is 13.4 Å². The van der Waals surface area contributed by atoms with Crippen LogP contribution in [-0.4, -0.2) is 31.4 Å². The summed E-state index contributed by atoms with van der Waals surface area (Å²) in [5, 5.41) is 2.93. The van der Waals surface area contributed by atoms with E-state index >= 15 is 0 Å². The number of sulfonamides is 1. The van der Waals surface area contributed by atoms with Crippen molar-refractivity contribution in [1.82, 2.24) is 9.97 Å². The fraction of sp³-hybridized carbons (Fsp3) is 0.231. The summed E-state index contributed by atoms with van der Waals surface area (Å²) < 4.78 is 29.9. The predicted molar refractivity (Wildman–Crippen MR) is 80.8 cm³/mol. The number of aromatic nitrogens is 2. The maximum atomic E-state index is 11.1. The minimum atomic E-state index is -3.40. The Labute approximate surface area is 123 Å². The average Bonchev–Trinajstić information content (AvgIpc) is 2.37. The molecule has 1 aromatic heterocycles. The van der Waals surface area contributed by atoms with Crippen molar-refractivity contribution in [3.8, 4) is 5.75 Å². The van der Waals surface area contributed by atoms with Crippen molar-refractivity contribution in [3.63, 3.8) is 0 Å². The molecule has 0 fully saturated rings. The lowest BCUT2D eigenvalue weighted by atomic mass is 10.2. The van der Waals surface area contributed by atoms with Gasteiger partial charge < -0.3 is 10.1 Å². The highest BCUT2D eigenvalue weighted by atomic mass is 32.2. The summed E-state index contributed by atoms with van der Waals surface area (Å²) >= 11 is 0. The summed E-state index contributed by atoms with van der Waals surface area (Å²) in [7, 11) is -3.40. The van der Waals surface area contributed by atoms with Crippen LogP contribution in [-0.2, 0) is 10.0 Å². The summed E-state index contributed by atoms with van der Waals surface area (Å²) in [6, 6.07) is 9.27. The first-order chi connectivity index (χ1) is 9.92. The Kier molecular flexibility index (Phi) is 4.59. The van der Waals surface area contributed by atoms with E-state index in [9.17, 15) is 8.42 Å². The van der Waals surface area contributed by atoms with E-state index in [-0.39, 0.29) is 12.7 Å². The molecule has 0 saturated heterocycles. The zero-order valence-corrected chi connectivity index (χ0v) is 12.5. The molecule has 0 aliphatic heterocycles. The van der Waals surface area contributed by atoms with Gasteiger partial charge in [-0.05, 0) is 30.7 Å². The SMILES string of the molecule is Cc1cccc(OCNc2ccnc(NS(C)(=O)=O)n2)c1. The number of aryl methyl sites for hydroxylation is 1. The van der Waals surface area contributed by atoms with Crippen molar-refractivity contribution in [1.29, 1.82) is 0 Å². The summed E-state index contributed by atoms with van der Waals surface area (Å²) in [4.78, 5) is 7.83. The molecule has 0 aliphatic carbocycles. The van der Waals surface area contributed by atoms with Crippen molar-refractivity contribution in [2.75, 3.05) is 23.0 Å². The van der Waals surface area contributed by atoms with Gasteiger partial charge in [0.05, 0.1) is 6.26 Å². The minimum absolute atomic E-state index is 0.0121. The van der Waals surface area contributed by atoms with Crippen LogP contribution in [0.4, 0.5) is 11.8 Å². The minimum Gasteiger partial charge on any atom is -0.473 e. The molecular weight excluding hydrogens is 292 g/mol. The number of benzene rings is 1. The first kappa shape index (κ1) is 15.0. The molecule has 1 heterocycles. The number of nitrogens with zero attached hydrogens (tertiary/aromatic N) is 2. The molecule has 0 unspecified atom stereocenters. The molecule has 0 atom stereocenters. The van der Waals surface area contributed by atoms with E-state index in [1.165, 1.54) is 6.20 Å². The van der Waals surface area contributed by atoms with E-state index in [1.807, 2.05) is 31.2 Å². The second-order valence-electron chi connectivity index (χ2n) is 4.42. The number of hydrogen-bond acceptors (Lipinski definition) is 6. The van der Waals surface area contributed by atoms with Gasteiger partial charge in [0.2, 0.25) is 16.0 Å². The van der Waals surface area contributed by atoms with Crippen LogP contribution in [0.2, 0.25) is 0 Å². The van der Waals surface area contributed by atoms with Gasteiger partial charge in [-0.15, -0.1) is 0 Å². The predicted octanol–water partition coefficient (Wildman–Crippen LogP) is 1.60. The Bertz CT molecular complexity index is 719. The van der Waals surface area contributed by atoms with Crippen molar-refractivity contribution < 1.29 is 13.2 Å². The topological polar surface area (TPSA) is 93.2 Å². The first-order valence-corrected chi connectivity index (χ1v) is 8.06. The molecular formula is C13H16N4O3S. The molecule has 0 radical (unpaired) electrons. The monoisotopic (exact) mass is 308 g/mol. The van der Waals surface area contributed by atoms with Gasteiger partial charge in [0.15, 0.2) is 6.73 Å². The maximum Gasteiger partial charge on any atom is 0.238 e. The molecule has 0 amide bonds. The average molecular weight is 308 g/mol. The van der Waals surface area contributed by atoms with Gasteiger partial charge in [0.25, 0.3) is 0 Å². The van der Waals surface area contributed by atoms with Gasteiger partial charge >= 0.3 is 0 Å². The Morgan fingerprint density at radius 2 is 2.10 bits per heavy atom. The third-order valence-electron chi connectivity index (χ3n) is 2.41. The number of hydrogen-bond donors (Lipinski definition) is 2. The second-order valence-corrected chi connectivity index (χ2v) is 6.17. The number of nitrogens with one attached hydrogen (secondary N) is 2. The van der Waals surface area contributed by atoms with E-state index in [0.717, 1.165) is 17.6 Å². The first-order valence-electron chi connectivity index (χ1n) is 6.16. The van der Waals surface area contributed by atoms with Gasteiger partial charge in [0, 0.05) is 6.20 Å². The van der Waals surface area contributed by atoms with E-state index < -0.39 is 10.0 Å². The molecule has 8 heteroatoms. The lowest BCUT2D eigenvalue weighted by Crippen LogP contribution is -2.14. The summed E-state index contributed by atoms with van der Waals surface area (Å²) in [5.74, 6) is 1.22. The zero-order valence-electron chi connectivity index (χ0n) is 11.7. The normalized spacial score (nSPS) is 11.0. The van der Waals surface area contributed by atoms with E-state index in [4.69, 9.17) is 4.74 Å². The van der Waals surface area contributed by atoms with Crippen LogP contribution in [0.5, 0.6) is 5.75 Å². The third kappa shape index (κ3) is 5.27. The molecule has 2 aromatic rings. The fourth-order valence-corrected chi connectivity index (χ4v) is 2.00. The number of anilines is 2. The van der Waals surface area contributed by atoms with Crippen molar-refractivity contribution in [2.45, 2.75) is 6.92 Å². The number of rotatable bonds is 6. The fourth-order valence-electron chi connectivity index (χ4n) is 1.57. The van der Waals surface area contributed by atoms with Crippen LogP contribution in [0.3, 0.4) is 0 Å². The van der Waals surface area contributed by atoms with E-state index in [1.54, 1.807) is 6.07 Å². The zero-order chi connectivity index (χ0) is 15.3. The van der Waals surface area contributed by atoms with Gasteiger partial charge in [-0.1, -0.05) is 12.1 Å². The van der Waals surface area contributed by atoms with Crippen LogP contribution in [0.1, 0.15) is 5.56 Å². The number of ether oxygens (including phenoxy) is 1. The Morgan fingerprint density at radius 1 is 1.29 bits per heavy atom. The summed E-state index contributed by atoms with van der Waals surface area (Å²) in [6.07, 6.45) is 2.49. The van der Waals surface area contributed by atoms with Crippen LogP contribution < -0.4 is 14.8 Å². The smallest absolute Gasteiger partial charge is 0.238 e. The van der Waals surface area contributed by atoms with Gasteiger partial charge in [0.1, 0.15) is 11.6 Å². The van der Waals surface area contributed by atoms with Gasteiger partial charge in [-0.3, -0.25) is 4.72 Å². The Hall–Kier alpha value is -2.35. The highest BCUT2D eigenvalue weighted by Crippen LogP contribution is 2.12. The highest BCUT2D eigenvalue weighted by Gasteiger charge is 2.05. The van der Waals surface area contributed by atoms with E-state index in [0.29, 0.717) is 5.82 Å². The lowest BCUT2D eigenvalue weighted by molar-refractivity contribution is 0.346. The second kappa shape index (κ2) is 6.40. The molecule has 0 spiro atoms. The van der Waals surface area contributed by atoms with Crippen LogP contribution >= 0.6 is 0 Å². The molecule has 2 rings (SSSR count). The quantitative estimate of drug-likeness (QED) is 0.787. The molecule has 21 heavy (non-hydrogen) atoms. The summed E-state index contributed by atoms with van der Waals surface area (Å²) in [5.41, 5.74) is 1.11. The largest absolute Gasteiger partial charge is 0.473 e. The maximum absolute atomic E-state index is 11.1. The van der Waals surface area contributed by atoms with Gasteiger partial charge in [-0.2, -0.15) is 4.98 Å². The summed E-state index contributed by atoms with van der Waals surface area (Å²) in [6.45, 7) is 2.19. The van der Waals surface area contributed by atoms with Crippen molar-refractivity contribution >= 4 is 21.8 Å².